The average Bonchev–Trinajstić information content (AvgIpc) is 3.19. The van der Waals surface area contributed by atoms with E-state index < -0.39 is 0 Å². The van der Waals surface area contributed by atoms with Crippen LogP contribution in [0.2, 0.25) is 5.02 Å². The minimum absolute atomic E-state index is 0.0908. The number of hydrogen-bond acceptors (Lipinski definition) is 5. The van der Waals surface area contributed by atoms with Crippen LogP contribution in [0.5, 0.6) is 5.75 Å². The van der Waals surface area contributed by atoms with Crippen LogP contribution in [0.3, 0.4) is 0 Å². The van der Waals surface area contributed by atoms with Gasteiger partial charge >= 0.3 is 0 Å². The van der Waals surface area contributed by atoms with Crippen molar-refractivity contribution in [1.29, 1.82) is 0 Å². The summed E-state index contributed by atoms with van der Waals surface area (Å²) in [6.07, 6.45) is 1.71. The van der Waals surface area contributed by atoms with Gasteiger partial charge in [-0.3, -0.25) is 14.7 Å². The molecule has 0 atom stereocenters. The fourth-order valence-corrected chi connectivity index (χ4v) is 4.05. The van der Waals surface area contributed by atoms with Crippen molar-refractivity contribution < 1.29 is 9.53 Å². The molecule has 4 rings (SSSR count). The van der Waals surface area contributed by atoms with Crippen LogP contribution in [0.1, 0.15) is 11.3 Å². The molecular weight excluding hydrogens is 406 g/mol. The number of benzene rings is 2. The highest BCUT2D eigenvalue weighted by molar-refractivity contribution is 7.22. The van der Waals surface area contributed by atoms with Crippen molar-refractivity contribution in [1.82, 2.24) is 9.97 Å². The molecule has 0 spiro atoms. The predicted molar refractivity (Wildman–Crippen MR) is 117 cm³/mol. The number of ether oxygens (including phenoxy) is 1. The van der Waals surface area contributed by atoms with Gasteiger partial charge in [-0.05, 0) is 48.9 Å². The van der Waals surface area contributed by atoms with Gasteiger partial charge in [-0.15, -0.1) is 0 Å². The largest absolute Gasteiger partial charge is 0.484 e. The zero-order valence-corrected chi connectivity index (χ0v) is 17.3. The lowest BCUT2D eigenvalue weighted by Gasteiger charge is -2.19. The van der Waals surface area contributed by atoms with E-state index in [2.05, 4.69) is 4.98 Å². The summed E-state index contributed by atoms with van der Waals surface area (Å²) < 4.78 is 6.65. The van der Waals surface area contributed by atoms with Crippen molar-refractivity contribution in [2.24, 2.45) is 0 Å². The molecular formula is C22H18ClN3O2S. The lowest BCUT2D eigenvalue weighted by Crippen LogP contribution is -2.34. The van der Waals surface area contributed by atoms with Gasteiger partial charge in [0.15, 0.2) is 11.7 Å². The Morgan fingerprint density at radius 3 is 2.66 bits per heavy atom. The Bertz CT molecular complexity index is 1130. The number of thiazole rings is 1. The number of rotatable bonds is 6. The van der Waals surface area contributed by atoms with Crippen LogP contribution >= 0.6 is 22.9 Å². The highest BCUT2D eigenvalue weighted by atomic mass is 35.5. The number of amides is 1. The molecule has 0 N–H and O–H groups in total. The number of carbonyl (C=O) groups excluding carboxylic acids is 1. The first-order chi connectivity index (χ1) is 14.1. The molecule has 0 radical (unpaired) electrons. The van der Waals surface area contributed by atoms with E-state index in [0.717, 1.165) is 21.5 Å². The van der Waals surface area contributed by atoms with Crippen LogP contribution < -0.4 is 9.64 Å². The van der Waals surface area contributed by atoms with E-state index in [1.807, 2.05) is 67.6 Å². The topological polar surface area (TPSA) is 55.3 Å². The Morgan fingerprint density at radius 2 is 1.90 bits per heavy atom. The lowest BCUT2D eigenvalue weighted by atomic mass is 10.2. The second-order valence-corrected chi connectivity index (χ2v) is 7.83. The first kappa shape index (κ1) is 19.4. The van der Waals surface area contributed by atoms with Crippen molar-refractivity contribution in [3.63, 3.8) is 0 Å². The van der Waals surface area contributed by atoms with Crippen LogP contribution in [0.15, 0.2) is 66.9 Å². The monoisotopic (exact) mass is 423 g/mol. The average molecular weight is 424 g/mol. The third kappa shape index (κ3) is 4.39. The summed E-state index contributed by atoms with van der Waals surface area (Å²) in [5.41, 5.74) is 2.48. The van der Waals surface area contributed by atoms with E-state index in [0.29, 0.717) is 22.4 Å². The number of nitrogens with zero attached hydrogens (tertiary/aromatic N) is 3. The van der Waals surface area contributed by atoms with Gasteiger partial charge in [-0.1, -0.05) is 47.2 Å². The van der Waals surface area contributed by atoms with Gasteiger partial charge in [0.1, 0.15) is 5.75 Å². The molecule has 1 amide bonds. The number of aromatic nitrogens is 2. The first-order valence-corrected chi connectivity index (χ1v) is 10.2. The zero-order valence-electron chi connectivity index (χ0n) is 15.7. The van der Waals surface area contributed by atoms with E-state index in [1.54, 1.807) is 11.1 Å². The molecule has 29 heavy (non-hydrogen) atoms. The summed E-state index contributed by atoms with van der Waals surface area (Å²) in [5.74, 6) is 0.452. The van der Waals surface area contributed by atoms with Crippen LogP contribution in [0, 0.1) is 6.92 Å². The molecule has 0 bridgehead atoms. The summed E-state index contributed by atoms with van der Waals surface area (Å²) in [7, 11) is 0. The SMILES string of the molecule is Cc1c(Cl)ccc2sc(N(Cc3ccccn3)C(=O)COc3ccccc3)nc12. The van der Waals surface area contributed by atoms with E-state index in [-0.39, 0.29) is 12.5 Å². The fraction of sp³-hybridized carbons (Fsp3) is 0.136. The van der Waals surface area contributed by atoms with Gasteiger partial charge in [0.25, 0.3) is 5.91 Å². The first-order valence-electron chi connectivity index (χ1n) is 9.05. The molecule has 0 saturated carbocycles. The van der Waals surface area contributed by atoms with Crippen molar-refractivity contribution in [3.8, 4) is 5.75 Å². The van der Waals surface area contributed by atoms with Crippen molar-refractivity contribution in [2.75, 3.05) is 11.5 Å². The Labute approximate surface area is 177 Å². The number of pyridine rings is 1. The molecule has 0 saturated heterocycles. The molecule has 0 unspecified atom stereocenters. The number of fused-ring (bicyclic) bond motifs is 1. The zero-order chi connectivity index (χ0) is 20.2. The molecule has 0 aliphatic carbocycles. The molecule has 0 fully saturated rings. The minimum Gasteiger partial charge on any atom is -0.484 e. The van der Waals surface area contributed by atoms with Gasteiger partial charge in [0.2, 0.25) is 0 Å². The van der Waals surface area contributed by atoms with E-state index >= 15 is 0 Å². The number of aryl methyl sites for hydroxylation is 1. The van der Waals surface area contributed by atoms with Gasteiger partial charge in [-0.25, -0.2) is 4.98 Å². The van der Waals surface area contributed by atoms with Gasteiger partial charge in [-0.2, -0.15) is 0 Å². The van der Waals surface area contributed by atoms with E-state index in [4.69, 9.17) is 21.3 Å². The molecule has 2 aromatic heterocycles. The summed E-state index contributed by atoms with van der Waals surface area (Å²) in [6.45, 7) is 2.15. The highest BCUT2D eigenvalue weighted by Crippen LogP contribution is 2.34. The molecule has 2 heterocycles. The Kier molecular flexibility index (Phi) is 5.74. The Hall–Kier alpha value is -2.96. The van der Waals surface area contributed by atoms with Crippen LogP contribution in [-0.4, -0.2) is 22.5 Å². The number of hydrogen-bond donors (Lipinski definition) is 0. The molecule has 5 nitrogen and oxygen atoms in total. The number of halogens is 1. The smallest absolute Gasteiger partial charge is 0.267 e. The number of anilines is 1. The van der Waals surface area contributed by atoms with Gasteiger partial charge in [0, 0.05) is 11.2 Å². The standard InChI is InChI=1S/C22H18ClN3O2S/c1-15-18(23)10-11-19-21(15)25-22(29-19)26(13-16-7-5-6-12-24-16)20(27)14-28-17-8-3-2-4-9-17/h2-12H,13-14H2,1H3. The Balaban J connectivity index is 1.64. The number of carbonyl (C=O) groups is 1. The second kappa shape index (κ2) is 8.59. The van der Waals surface area contributed by atoms with Crippen molar-refractivity contribution >= 4 is 44.2 Å². The van der Waals surface area contributed by atoms with E-state index in [9.17, 15) is 4.79 Å². The summed E-state index contributed by atoms with van der Waals surface area (Å²) in [4.78, 5) is 23.7. The third-order valence-corrected chi connectivity index (χ3v) is 5.87. The highest BCUT2D eigenvalue weighted by Gasteiger charge is 2.22. The number of para-hydroxylation sites is 1. The summed E-state index contributed by atoms with van der Waals surface area (Å²) >= 11 is 7.69. The maximum Gasteiger partial charge on any atom is 0.267 e. The minimum atomic E-state index is -0.192. The Morgan fingerprint density at radius 1 is 1.10 bits per heavy atom. The van der Waals surface area contributed by atoms with E-state index in [1.165, 1.54) is 11.3 Å². The third-order valence-electron chi connectivity index (χ3n) is 4.42. The van der Waals surface area contributed by atoms with Crippen molar-refractivity contribution in [3.05, 3.63) is 83.1 Å². The van der Waals surface area contributed by atoms with Crippen LogP contribution in [0.25, 0.3) is 10.2 Å². The fourth-order valence-electron chi connectivity index (χ4n) is 2.86. The maximum atomic E-state index is 13.1. The molecule has 4 aromatic rings. The predicted octanol–water partition coefficient (Wildman–Crippen LogP) is 5.27. The quantitative estimate of drug-likeness (QED) is 0.424. The molecule has 0 aliphatic rings. The molecule has 7 heteroatoms. The maximum absolute atomic E-state index is 13.1. The normalized spacial score (nSPS) is 10.8. The lowest BCUT2D eigenvalue weighted by molar-refractivity contribution is -0.120. The molecule has 0 aliphatic heterocycles. The second-order valence-electron chi connectivity index (χ2n) is 6.42. The van der Waals surface area contributed by atoms with Crippen molar-refractivity contribution in [2.45, 2.75) is 13.5 Å². The molecule has 2 aromatic carbocycles. The van der Waals surface area contributed by atoms with Gasteiger partial charge in [0.05, 0.1) is 22.5 Å². The van der Waals surface area contributed by atoms with Gasteiger partial charge < -0.3 is 4.74 Å². The summed E-state index contributed by atoms with van der Waals surface area (Å²) in [5, 5.41) is 1.25. The summed E-state index contributed by atoms with van der Waals surface area (Å²) in [6, 6.07) is 18.7. The van der Waals surface area contributed by atoms with Crippen LogP contribution in [-0.2, 0) is 11.3 Å². The molecule has 146 valence electrons. The van der Waals surface area contributed by atoms with Crippen LogP contribution in [0.4, 0.5) is 5.13 Å².